The second-order valence-corrected chi connectivity index (χ2v) is 5.94. The van der Waals surface area contributed by atoms with Crippen molar-refractivity contribution >= 4 is 0 Å². The predicted octanol–water partition coefficient (Wildman–Crippen LogP) is 2.79. The Morgan fingerprint density at radius 3 is 2.55 bits per heavy atom. The van der Waals surface area contributed by atoms with Crippen LogP contribution in [0.25, 0.3) is 11.4 Å². The smallest absolute Gasteiger partial charge is 0.233 e. The van der Waals surface area contributed by atoms with Gasteiger partial charge >= 0.3 is 0 Å². The molecule has 1 fully saturated rings. The molecule has 0 spiro atoms. The first-order chi connectivity index (χ1) is 10.7. The van der Waals surface area contributed by atoms with Crippen molar-refractivity contribution in [2.45, 2.75) is 37.8 Å². The Morgan fingerprint density at radius 2 is 1.86 bits per heavy atom. The molecule has 0 radical (unpaired) electrons. The van der Waals surface area contributed by atoms with Gasteiger partial charge in [-0.05, 0) is 51.6 Å². The highest BCUT2D eigenvalue weighted by molar-refractivity contribution is 5.52. The first-order valence-electron chi connectivity index (χ1n) is 7.82. The van der Waals surface area contributed by atoms with Gasteiger partial charge in [-0.15, -0.1) is 10.2 Å². The van der Waals surface area contributed by atoms with Crippen molar-refractivity contribution in [3.63, 3.8) is 0 Å². The summed E-state index contributed by atoms with van der Waals surface area (Å²) in [7, 11) is 4.23. The molecule has 0 N–H and O–H groups in total. The molecule has 0 aliphatic heterocycles. The van der Waals surface area contributed by atoms with Crippen LogP contribution in [0.15, 0.2) is 36.5 Å². The van der Waals surface area contributed by atoms with Crippen LogP contribution in [0.3, 0.4) is 0 Å². The number of hydrogen-bond acceptors (Lipinski definition) is 5. The largest absolute Gasteiger partial charge is 0.472 e. The summed E-state index contributed by atoms with van der Waals surface area (Å²) in [4.78, 5) is 6.53. The highest BCUT2D eigenvalue weighted by atomic mass is 16.5. The maximum Gasteiger partial charge on any atom is 0.233 e. The molecule has 0 aromatic carbocycles. The Labute approximate surface area is 131 Å². The molecule has 0 bridgehead atoms. The van der Waals surface area contributed by atoms with Crippen LogP contribution in [0.2, 0.25) is 0 Å². The molecule has 1 aliphatic carbocycles. The molecule has 2 aromatic rings. The number of nitrogens with zero attached hydrogens (tertiary/aromatic N) is 4. The molecule has 2 heterocycles. The van der Waals surface area contributed by atoms with E-state index in [1.807, 2.05) is 30.3 Å². The van der Waals surface area contributed by atoms with Gasteiger partial charge in [0.1, 0.15) is 11.8 Å². The molecule has 2 atom stereocenters. The molecule has 0 amide bonds. The average Bonchev–Trinajstić information content (AvgIpc) is 2.57. The SMILES string of the molecule is CN(C)C1CCCC[C@@H]1Oc1ccc(-c2ccccn2)nn1. The number of rotatable bonds is 4. The number of pyridine rings is 1. The molecule has 1 aliphatic rings. The van der Waals surface area contributed by atoms with Crippen molar-refractivity contribution in [3.05, 3.63) is 36.5 Å². The maximum absolute atomic E-state index is 6.08. The molecule has 22 heavy (non-hydrogen) atoms. The van der Waals surface area contributed by atoms with E-state index in [0.717, 1.165) is 17.8 Å². The summed E-state index contributed by atoms with van der Waals surface area (Å²) in [5.41, 5.74) is 1.59. The van der Waals surface area contributed by atoms with E-state index in [4.69, 9.17) is 4.74 Å². The van der Waals surface area contributed by atoms with E-state index < -0.39 is 0 Å². The average molecular weight is 298 g/mol. The summed E-state index contributed by atoms with van der Waals surface area (Å²) >= 11 is 0. The lowest BCUT2D eigenvalue weighted by atomic mass is 9.92. The van der Waals surface area contributed by atoms with Gasteiger partial charge in [0.05, 0.1) is 5.69 Å². The fourth-order valence-electron chi connectivity index (χ4n) is 2.99. The third kappa shape index (κ3) is 3.42. The summed E-state index contributed by atoms with van der Waals surface area (Å²) in [5.74, 6) is 0.596. The molecule has 5 heteroatoms. The summed E-state index contributed by atoms with van der Waals surface area (Å²) in [5, 5.41) is 8.45. The van der Waals surface area contributed by atoms with Gasteiger partial charge in [-0.25, -0.2) is 0 Å². The molecular weight excluding hydrogens is 276 g/mol. The zero-order valence-electron chi connectivity index (χ0n) is 13.1. The molecule has 3 rings (SSSR count). The number of hydrogen-bond donors (Lipinski definition) is 0. The monoisotopic (exact) mass is 298 g/mol. The van der Waals surface area contributed by atoms with Crippen molar-refractivity contribution in [3.8, 4) is 17.3 Å². The van der Waals surface area contributed by atoms with E-state index in [2.05, 4.69) is 34.2 Å². The van der Waals surface area contributed by atoms with Crippen LogP contribution in [-0.2, 0) is 0 Å². The van der Waals surface area contributed by atoms with Crippen LogP contribution >= 0.6 is 0 Å². The lowest BCUT2D eigenvalue weighted by molar-refractivity contribution is 0.0581. The van der Waals surface area contributed by atoms with Gasteiger partial charge in [0.15, 0.2) is 0 Å². The quantitative estimate of drug-likeness (QED) is 0.868. The predicted molar refractivity (Wildman–Crippen MR) is 85.6 cm³/mol. The van der Waals surface area contributed by atoms with Gasteiger partial charge in [0.25, 0.3) is 0 Å². The lowest BCUT2D eigenvalue weighted by Gasteiger charge is -2.35. The maximum atomic E-state index is 6.08. The zero-order valence-corrected chi connectivity index (χ0v) is 13.1. The Hall–Kier alpha value is -2.01. The van der Waals surface area contributed by atoms with Gasteiger partial charge in [-0.1, -0.05) is 12.5 Å². The molecule has 1 saturated carbocycles. The standard InChI is InChI=1S/C17H22N4O/c1-21(2)15-8-3-4-9-16(15)22-17-11-10-14(19-20-17)13-7-5-6-12-18-13/h5-7,10-12,15-16H,3-4,8-9H2,1-2H3/t15?,16-/m0/s1. The van der Waals surface area contributed by atoms with Crippen LogP contribution in [0.1, 0.15) is 25.7 Å². The second-order valence-electron chi connectivity index (χ2n) is 5.94. The molecular formula is C17H22N4O. The minimum atomic E-state index is 0.193. The third-order valence-electron chi connectivity index (χ3n) is 4.17. The first kappa shape index (κ1) is 14.9. The summed E-state index contributed by atoms with van der Waals surface area (Å²) in [6, 6.07) is 10.0. The Morgan fingerprint density at radius 1 is 1.00 bits per heavy atom. The van der Waals surface area contributed by atoms with Gasteiger partial charge in [0, 0.05) is 18.3 Å². The van der Waals surface area contributed by atoms with Gasteiger partial charge in [0.2, 0.25) is 5.88 Å². The highest BCUT2D eigenvalue weighted by Gasteiger charge is 2.28. The summed E-state index contributed by atoms with van der Waals surface area (Å²) in [6.45, 7) is 0. The van der Waals surface area contributed by atoms with E-state index in [1.54, 1.807) is 6.20 Å². The van der Waals surface area contributed by atoms with Crippen LogP contribution in [0.5, 0.6) is 5.88 Å². The first-order valence-corrected chi connectivity index (χ1v) is 7.82. The summed E-state index contributed by atoms with van der Waals surface area (Å²) < 4.78 is 6.08. The van der Waals surface area contributed by atoms with Crippen molar-refractivity contribution in [2.75, 3.05) is 14.1 Å². The molecule has 116 valence electrons. The summed E-state index contributed by atoms with van der Waals surface area (Å²) in [6.07, 6.45) is 6.69. The van der Waals surface area contributed by atoms with E-state index in [1.165, 1.54) is 19.3 Å². The van der Waals surface area contributed by atoms with Crippen LogP contribution in [0.4, 0.5) is 0 Å². The van der Waals surface area contributed by atoms with Gasteiger partial charge in [-0.2, -0.15) is 0 Å². The Bertz CT molecular complexity index is 585. The minimum Gasteiger partial charge on any atom is -0.472 e. The zero-order chi connectivity index (χ0) is 15.4. The topological polar surface area (TPSA) is 51.1 Å². The van der Waals surface area contributed by atoms with Crippen molar-refractivity contribution in [2.24, 2.45) is 0 Å². The van der Waals surface area contributed by atoms with Crippen LogP contribution in [0, 0.1) is 0 Å². The number of likely N-dealkylation sites (N-methyl/N-ethyl adjacent to an activating group) is 1. The minimum absolute atomic E-state index is 0.193. The second kappa shape index (κ2) is 6.83. The van der Waals surface area contributed by atoms with E-state index in [9.17, 15) is 0 Å². The highest BCUT2D eigenvalue weighted by Crippen LogP contribution is 2.25. The van der Waals surface area contributed by atoms with Crippen molar-refractivity contribution < 1.29 is 4.74 Å². The van der Waals surface area contributed by atoms with E-state index in [0.29, 0.717) is 11.9 Å². The van der Waals surface area contributed by atoms with E-state index >= 15 is 0 Å². The molecule has 1 unspecified atom stereocenters. The van der Waals surface area contributed by atoms with E-state index in [-0.39, 0.29) is 6.10 Å². The van der Waals surface area contributed by atoms with Gasteiger partial charge in [-0.3, -0.25) is 4.98 Å². The Balaban J connectivity index is 1.70. The van der Waals surface area contributed by atoms with Gasteiger partial charge < -0.3 is 9.64 Å². The lowest BCUT2D eigenvalue weighted by Crippen LogP contribution is -2.44. The van der Waals surface area contributed by atoms with Crippen molar-refractivity contribution in [1.29, 1.82) is 0 Å². The van der Waals surface area contributed by atoms with Crippen molar-refractivity contribution in [1.82, 2.24) is 20.1 Å². The fraction of sp³-hybridized carbons (Fsp3) is 0.471. The molecule has 5 nitrogen and oxygen atoms in total. The number of aromatic nitrogens is 3. The third-order valence-corrected chi connectivity index (χ3v) is 4.17. The molecule has 2 aromatic heterocycles. The normalized spacial score (nSPS) is 21.8. The Kier molecular flexibility index (Phi) is 4.63. The fourth-order valence-corrected chi connectivity index (χ4v) is 2.99. The number of ether oxygens (including phenoxy) is 1. The van der Waals surface area contributed by atoms with Crippen LogP contribution in [-0.4, -0.2) is 46.3 Å². The molecule has 0 saturated heterocycles. The van der Waals surface area contributed by atoms with Crippen LogP contribution < -0.4 is 4.74 Å².